The van der Waals surface area contributed by atoms with Gasteiger partial charge in [0.05, 0.1) is 17.7 Å². The first-order valence-corrected chi connectivity index (χ1v) is 9.68. The van der Waals surface area contributed by atoms with Crippen molar-refractivity contribution in [3.63, 3.8) is 0 Å². The lowest BCUT2D eigenvalue weighted by molar-refractivity contribution is -0.384. The topological polar surface area (TPSA) is 104 Å². The summed E-state index contributed by atoms with van der Waals surface area (Å²) in [5.74, 6) is 1.05. The summed E-state index contributed by atoms with van der Waals surface area (Å²) in [6.45, 7) is 5.82. The van der Waals surface area contributed by atoms with Crippen molar-refractivity contribution in [2.75, 3.05) is 32.7 Å². The lowest BCUT2D eigenvalue weighted by Gasteiger charge is -2.36. The maximum Gasteiger partial charge on any atom is 0.289 e. The summed E-state index contributed by atoms with van der Waals surface area (Å²) in [6.07, 6.45) is 2.47. The summed E-state index contributed by atoms with van der Waals surface area (Å²) in [4.78, 5) is 31.4. The van der Waals surface area contributed by atoms with Crippen LogP contribution in [-0.2, 0) is 6.54 Å². The molecule has 29 heavy (non-hydrogen) atoms. The molecule has 0 radical (unpaired) electrons. The highest BCUT2D eigenvalue weighted by atomic mass is 16.6. The standard InChI is InChI=1S/C20H25N5O4/c1-2-9-21-20(22-15-16-5-7-17(8-6-16)25(27)28)24-12-10-23(11-13-24)19(26)18-4-3-14-29-18/h3-8,14H,2,9-13,15H2,1H3,(H,21,22). The van der Waals surface area contributed by atoms with Crippen LogP contribution < -0.4 is 5.32 Å². The fraction of sp³-hybridized carbons (Fsp3) is 0.400. The van der Waals surface area contributed by atoms with Crippen molar-refractivity contribution < 1.29 is 14.1 Å². The monoisotopic (exact) mass is 399 g/mol. The second-order valence-electron chi connectivity index (χ2n) is 6.75. The number of non-ortho nitro benzene ring substituents is 1. The lowest BCUT2D eigenvalue weighted by Crippen LogP contribution is -2.53. The Morgan fingerprint density at radius 1 is 1.17 bits per heavy atom. The number of rotatable bonds is 6. The molecule has 0 unspecified atom stereocenters. The van der Waals surface area contributed by atoms with E-state index in [0.717, 1.165) is 24.5 Å². The Bertz CT molecular complexity index is 840. The molecule has 2 heterocycles. The molecule has 1 aliphatic rings. The molecular formula is C20H25N5O4. The van der Waals surface area contributed by atoms with Crippen molar-refractivity contribution >= 4 is 17.6 Å². The number of amides is 1. The number of hydrogen-bond acceptors (Lipinski definition) is 5. The highest BCUT2D eigenvalue weighted by Gasteiger charge is 2.25. The number of piperazine rings is 1. The Balaban J connectivity index is 1.61. The van der Waals surface area contributed by atoms with Crippen LogP contribution in [0, 0.1) is 10.1 Å². The Morgan fingerprint density at radius 2 is 1.86 bits per heavy atom. The number of guanidine groups is 1. The van der Waals surface area contributed by atoms with Crippen molar-refractivity contribution in [2.45, 2.75) is 19.9 Å². The molecule has 154 valence electrons. The van der Waals surface area contributed by atoms with E-state index in [2.05, 4.69) is 22.1 Å². The molecule has 9 nitrogen and oxygen atoms in total. The fourth-order valence-corrected chi connectivity index (χ4v) is 3.07. The zero-order chi connectivity index (χ0) is 20.6. The summed E-state index contributed by atoms with van der Waals surface area (Å²) >= 11 is 0. The highest BCUT2D eigenvalue weighted by Crippen LogP contribution is 2.13. The van der Waals surface area contributed by atoms with Gasteiger partial charge < -0.3 is 19.5 Å². The average Bonchev–Trinajstić information content (AvgIpc) is 3.29. The molecule has 1 fully saturated rings. The average molecular weight is 399 g/mol. The number of carbonyl (C=O) groups excluding carboxylic acids is 1. The molecule has 2 aromatic rings. The van der Waals surface area contributed by atoms with Gasteiger partial charge in [-0.15, -0.1) is 0 Å². The molecule has 1 aliphatic heterocycles. The molecule has 3 rings (SSSR count). The third-order valence-corrected chi connectivity index (χ3v) is 4.69. The Kier molecular flexibility index (Phi) is 6.83. The number of nitro benzene ring substituents is 1. The van der Waals surface area contributed by atoms with Crippen molar-refractivity contribution in [3.8, 4) is 0 Å². The predicted octanol–water partition coefficient (Wildman–Crippen LogP) is 2.50. The molecule has 1 aromatic carbocycles. The number of nitro groups is 1. The maximum atomic E-state index is 12.4. The van der Waals surface area contributed by atoms with E-state index >= 15 is 0 Å². The van der Waals surface area contributed by atoms with E-state index in [9.17, 15) is 14.9 Å². The van der Waals surface area contributed by atoms with Gasteiger partial charge in [-0.25, -0.2) is 4.99 Å². The van der Waals surface area contributed by atoms with Gasteiger partial charge in [0.25, 0.3) is 11.6 Å². The molecule has 1 amide bonds. The molecule has 0 spiro atoms. The van der Waals surface area contributed by atoms with Crippen molar-refractivity contribution in [1.29, 1.82) is 0 Å². The summed E-state index contributed by atoms with van der Waals surface area (Å²) in [7, 11) is 0. The lowest BCUT2D eigenvalue weighted by atomic mass is 10.2. The Labute approximate surface area is 169 Å². The third-order valence-electron chi connectivity index (χ3n) is 4.69. The molecule has 0 saturated carbocycles. The number of furan rings is 1. The van der Waals surface area contributed by atoms with Crippen molar-refractivity contribution in [2.24, 2.45) is 4.99 Å². The van der Waals surface area contributed by atoms with Crippen LogP contribution in [0.2, 0.25) is 0 Å². The van der Waals surface area contributed by atoms with Gasteiger partial charge in [-0.3, -0.25) is 14.9 Å². The minimum absolute atomic E-state index is 0.0689. The molecular weight excluding hydrogens is 374 g/mol. The number of nitrogens with one attached hydrogen (secondary N) is 1. The second kappa shape index (κ2) is 9.72. The number of aliphatic imine (C=N–C) groups is 1. The highest BCUT2D eigenvalue weighted by molar-refractivity contribution is 5.91. The number of benzene rings is 1. The van der Waals surface area contributed by atoms with Crippen LogP contribution in [0.4, 0.5) is 5.69 Å². The summed E-state index contributed by atoms with van der Waals surface area (Å²) in [6, 6.07) is 9.81. The Morgan fingerprint density at radius 3 is 2.45 bits per heavy atom. The summed E-state index contributed by atoms with van der Waals surface area (Å²) in [5, 5.41) is 14.1. The first-order chi connectivity index (χ1) is 14.1. The Hall–Kier alpha value is -3.36. The third kappa shape index (κ3) is 5.34. The number of carbonyl (C=O) groups is 1. The number of hydrogen-bond donors (Lipinski definition) is 1. The molecule has 0 aliphatic carbocycles. The van der Waals surface area contributed by atoms with Gasteiger partial charge in [-0.05, 0) is 24.1 Å². The first-order valence-electron chi connectivity index (χ1n) is 9.68. The fourth-order valence-electron chi connectivity index (χ4n) is 3.07. The SMILES string of the molecule is CCCNC(=NCc1ccc([N+](=O)[O-])cc1)N1CCN(C(=O)c2ccco2)CC1. The van der Waals surface area contributed by atoms with Crippen LogP contribution in [0.3, 0.4) is 0 Å². The van der Waals surface area contributed by atoms with Crippen LogP contribution in [0.1, 0.15) is 29.5 Å². The van der Waals surface area contributed by atoms with Crippen LogP contribution >= 0.6 is 0 Å². The minimum Gasteiger partial charge on any atom is -0.459 e. The molecule has 1 aromatic heterocycles. The van der Waals surface area contributed by atoms with Crippen LogP contribution in [0.5, 0.6) is 0 Å². The smallest absolute Gasteiger partial charge is 0.289 e. The second-order valence-corrected chi connectivity index (χ2v) is 6.75. The molecule has 0 atom stereocenters. The van der Waals surface area contributed by atoms with Crippen LogP contribution in [0.15, 0.2) is 52.1 Å². The van der Waals surface area contributed by atoms with Gasteiger partial charge in [0, 0.05) is 44.9 Å². The van der Waals surface area contributed by atoms with E-state index in [-0.39, 0.29) is 11.6 Å². The largest absolute Gasteiger partial charge is 0.459 e. The van der Waals surface area contributed by atoms with Crippen molar-refractivity contribution in [3.05, 3.63) is 64.1 Å². The number of nitrogens with zero attached hydrogens (tertiary/aromatic N) is 4. The van der Waals surface area contributed by atoms with Gasteiger partial charge in [0.2, 0.25) is 0 Å². The molecule has 0 bridgehead atoms. The van der Waals surface area contributed by atoms with Crippen LogP contribution in [-0.4, -0.2) is 59.3 Å². The zero-order valence-electron chi connectivity index (χ0n) is 16.4. The molecule has 9 heteroatoms. The predicted molar refractivity (Wildman–Crippen MR) is 109 cm³/mol. The van der Waals surface area contributed by atoms with E-state index in [1.54, 1.807) is 29.2 Å². The van der Waals surface area contributed by atoms with Gasteiger partial charge >= 0.3 is 0 Å². The van der Waals surface area contributed by atoms with Gasteiger partial charge in [0.1, 0.15) is 0 Å². The summed E-state index contributed by atoms with van der Waals surface area (Å²) < 4.78 is 5.20. The van der Waals surface area contributed by atoms with Crippen LogP contribution in [0.25, 0.3) is 0 Å². The van der Waals surface area contributed by atoms with Gasteiger partial charge in [-0.2, -0.15) is 0 Å². The quantitative estimate of drug-likeness (QED) is 0.346. The van der Waals surface area contributed by atoms with E-state index < -0.39 is 4.92 Å². The van der Waals surface area contributed by atoms with E-state index in [1.807, 2.05) is 0 Å². The normalized spacial score (nSPS) is 14.7. The molecule has 1 N–H and O–H groups in total. The minimum atomic E-state index is -0.412. The zero-order valence-corrected chi connectivity index (χ0v) is 16.4. The van der Waals surface area contributed by atoms with Gasteiger partial charge in [0.15, 0.2) is 11.7 Å². The van der Waals surface area contributed by atoms with E-state index in [4.69, 9.17) is 4.42 Å². The van der Waals surface area contributed by atoms with E-state index in [0.29, 0.717) is 38.5 Å². The summed E-state index contributed by atoms with van der Waals surface area (Å²) in [5.41, 5.74) is 0.970. The maximum absolute atomic E-state index is 12.4. The molecule has 1 saturated heterocycles. The first kappa shape index (κ1) is 20.4. The van der Waals surface area contributed by atoms with Gasteiger partial charge in [-0.1, -0.05) is 19.1 Å². The van der Waals surface area contributed by atoms with E-state index in [1.165, 1.54) is 18.4 Å². The van der Waals surface area contributed by atoms with Crippen molar-refractivity contribution in [1.82, 2.24) is 15.1 Å².